The third-order valence-electron chi connectivity index (χ3n) is 3.39. The summed E-state index contributed by atoms with van der Waals surface area (Å²) in [6, 6.07) is -0.0365. The van der Waals surface area contributed by atoms with Gasteiger partial charge in [0, 0.05) is 25.6 Å². The highest BCUT2D eigenvalue weighted by Crippen LogP contribution is 2.32. The van der Waals surface area contributed by atoms with Crippen LogP contribution >= 0.6 is 0 Å². The van der Waals surface area contributed by atoms with Crippen LogP contribution in [0.15, 0.2) is 0 Å². The first kappa shape index (κ1) is 16.0. The van der Waals surface area contributed by atoms with Crippen molar-refractivity contribution in [3.63, 3.8) is 0 Å². The molecular weight excluding hydrogens is 242 g/mol. The third-order valence-corrected chi connectivity index (χ3v) is 3.39. The molecule has 2 amide bonds. The average molecular weight is 269 g/mol. The zero-order valence-electron chi connectivity index (χ0n) is 12.2. The van der Waals surface area contributed by atoms with Crippen LogP contribution in [0.5, 0.6) is 0 Å². The van der Waals surface area contributed by atoms with Gasteiger partial charge in [0.25, 0.3) is 0 Å². The van der Waals surface area contributed by atoms with Crippen molar-refractivity contribution < 1.29 is 9.59 Å². The van der Waals surface area contributed by atoms with E-state index in [1.54, 1.807) is 4.90 Å². The van der Waals surface area contributed by atoms with Crippen LogP contribution in [0.2, 0.25) is 0 Å². The van der Waals surface area contributed by atoms with Crippen LogP contribution in [0.4, 0.5) is 0 Å². The summed E-state index contributed by atoms with van der Waals surface area (Å²) >= 11 is 0. The van der Waals surface area contributed by atoms with E-state index in [9.17, 15) is 9.59 Å². The Morgan fingerprint density at radius 3 is 2.53 bits per heavy atom. The summed E-state index contributed by atoms with van der Waals surface area (Å²) in [5.74, 6) is 0.442. The first-order chi connectivity index (χ1) is 9.08. The topological polar surface area (TPSA) is 75.4 Å². The summed E-state index contributed by atoms with van der Waals surface area (Å²) in [7, 11) is 0. The van der Waals surface area contributed by atoms with E-state index in [0.717, 1.165) is 25.7 Å². The number of hydrogen-bond donors (Lipinski definition) is 2. The van der Waals surface area contributed by atoms with Gasteiger partial charge in [0.2, 0.25) is 11.8 Å². The lowest BCUT2D eigenvalue weighted by atomic mass is 10.1. The standard InChI is InChI=1S/C14H27N3O2/c1-3-7-16-13(18)10-17(8-4-2)14(19)9-12(15)11-5-6-11/h11-12H,3-10,15H2,1-2H3,(H,16,18). The number of hydrogen-bond acceptors (Lipinski definition) is 3. The highest BCUT2D eigenvalue weighted by Gasteiger charge is 2.31. The molecule has 0 saturated heterocycles. The van der Waals surface area contributed by atoms with Crippen molar-refractivity contribution in [2.75, 3.05) is 19.6 Å². The van der Waals surface area contributed by atoms with Gasteiger partial charge in [-0.1, -0.05) is 13.8 Å². The highest BCUT2D eigenvalue weighted by atomic mass is 16.2. The van der Waals surface area contributed by atoms with Gasteiger partial charge >= 0.3 is 0 Å². The van der Waals surface area contributed by atoms with E-state index in [2.05, 4.69) is 5.32 Å². The van der Waals surface area contributed by atoms with E-state index in [0.29, 0.717) is 25.4 Å². The second kappa shape index (κ2) is 8.15. The molecule has 3 N–H and O–H groups in total. The second-order valence-electron chi connectivity index (χ2n) is 5.37. The zero-order chi connectivity index (χ0) is 14.3. The number of carbonyl (C=O) groups excluding carboxylic acids is 2. The molecule has 1 aliphatic carbocycles. The largest absolute Gasteiger partial charge is 0.355 e. The molecule has 19 heavy (non-hydrogen) atoms. The summed E-state index contributed by atoms with van der Waals surface area (Å²) in [6.07, 6.45) is 4.40. The van der Waals surface area contributed by atoms with Crippen LogP contribution in [-0.2, 0) is 9.59 Å². The normalized spacial score (nSPS) is 15.9. The van der Waals surface area contributed by atoms with Crippen LogP contribution in [0, 0.1) is 5.92 Å². The Hall–Kier alpha value is -1.10. The van der Waals surface area contributed by atoms with Crippen LogP contribution in [-0.4, -0.2) is 42.4 Å². The molecule has 0 aromatic carbocycles. The molecule has 0 radical (unpaired) electrons. The minimum absolute atomic E-state index is 0.00731. The highest BCUT2D eigenvalue weighted by molar-refractivity contribution is 5.85. The molecule has 0 aromatic rings. The first-order valence-corrected chi connectivity index (χ1v) is 7.38. The van der Waals surface area contributed by atoms with Gasteiger partial charge in [-0.3, -0.25) is 9.59 Å². The van der Waals surface area contributed by atoms with Crippen molar-refractivity contribution in [1.82, 2.24) is 10.2 Å². The van der Waals surface area contributed by atoms with Crippen molar-refractivity contribution in [1.29, 1.82) is 0 Å². The minimum atomic E-state index is -0.0800. The predicted octanol–water partition coefficient (Wildman–Crippen LogP) is 0.879. The quantitative estimate of drug-likeness (QED) is 0.652. The van der Waals surface area contributed by atoms with E-state index < -0.39 is 0 Å². The van der Waals surface area contributed by atoms with E-state index in [4.69, 9.17) is 5.73 Å². The molecule has 1 saturated carbocycles. The predicted molar refractivity (Wildman–Crippen MR) is 75.5 cm³/mol. The Morgan fingerprint density at radius 2 is 2.00 bits per heavy atom. The second-order valence-corrected chi connectivity index (χ2v) is 5.37. The third kappa shape index (κ3) is 6.05. The molecule has 5 nitrogen and oxygen atoms in total. The molecule has 1 unspecified atom stereocenters. The molecule has 1 fully saturated rings. The fourth-order valence-electron chi connectivity index (χ4n) is 2.08. The van der Waals surface area contributed by atoms with Gasteiger partial charge in [0.05, 0.1) is 6.54 Å². The molecule has 110 valence electrons. The van der Waals surface area contributed by atoms with Gasteiger partial charge < -0.3 is 16.0 Å². The maximum absolute atomic E-state index is 12.2. The monoisotopic (exact) mass is 269 g/mol. The van der Waals surface area contributed by atoms with E-state index in [-0.39, 0.29) is 24.4 Å². The van der Waals surface area contributed by atoms with Crippen molar-refractivity contribution >= 4 is 11.8 Å². The summed E-state index contributed by atoms with van der Waals surface area (Å²) in [5.41, 5.74) is 5.98. The molecule has 0 bridgehead atoms. The molecular formula is C14H27N3O2. The summed E-state index contributed by atoms with van der Waals surface area (Å²) in [6.45, 7) is 5.45. The average Bonchev–Trinajstić information content (AvgIpc) is 3.19. The number of nitrogens with one attached hydrogen (secondary N) is 1. The van der Waals surface area contributed by atoms with Crippen LogP contribution in [0.3, 0.4) is 0 Å². The summed E-state index contributed by atoms with van der Waals surface area (Å²) in [5, 5.41) is 2.80. The number of amides is 2. The van der Waals surface area contributed by atoms with Crippen LogP contribution < -0.4 is 11.1 Å². The Balaban J connectivity index is 2.40. The Labute approximate surface area is 115 Å². The van der Waals surface area contributed by atoms with Gasteiger partial charge in [-0.25, -0.2) is 0 Å². The molecule has 1 rings (SSSR count). The SMILES string of the molecule is CCCNC(=O)CN(CCC)C(=O)CC(N)C1CC1. The van der Waals surface area contributed by atoms with E-state index in [1.807, 2.05) is 13.8 Å². The fraction of sp³-hybridized carbons (Fsp3) is 0.857. The number of carbonyl (C=O) groups is 2. The van der Waals surface area contributed by atoms with Crippen molar-refractivity contribution in [3.05, 3.63) is 0 Å². The summed E-state index contributed by atoms with van der Waals surface area (Å²) in [4.78, 5) is 25.5. The van der Waals surface area contributed by atoms with Gasteiger partial charge in [-0.15, -0.1) is 0 Å². The van der Waals surface area contributed by atoms with Gasteiger partial charge in [-0.05, 0) is 31.6 Å². The van der Waals surface area contributed by atoms with Crippen LogP contribution in [0.1, 0.15) is 46.0 Å². The van der Waals surface area contributed by atoms with Crippen molar-refractivity contribution in [2.45, 2.75) is 52.0 Å². The summed E-state index contributed by atoms with van der Waals surface area (Å²) < 4.78 is 0. The van der Waals surface area contributed by atoms with Crippen molar-refractivity contribution in [2.24, 2.45) is 11.7 Å². The smallest absolute Gasteiger partial charge is 0.239 e. The maximum Gasteiger partial charge on any atom is 0.239 e. The number of nitrogens with two attached hydrogens (primary N) is 1. The molecule has 5 heteroatoms. The molecule has 0 spiro atoms. The number of nitrogens with zero attached hydrogens (tertiary/aromatic N) is 1. The molecule has 0 aromatic heterocycles. The lowest BCUT2D eigenvalue weighted by Gasteiger charge is -2.23. The van der Waals surface area contributed by atoms with Gasteiger partial charge in [0.1, 0.15) is 0 Å². The molecule has 1 aliphatic rings. The van der Waals surface area contributed by atoms with Gasteiger partial charge in [-0.2, -0.15) is 0 Å². The van der Waals surface area contributed by atoms with Crippen molar-refractivity contribution in [3.8, 4) is 0 Å². The first-order valence-electron chi connectivity index (χ1n) is 7.38. The lowest BCUT2D eigenvalue weighted by molar-refractivity contribution is -0.136. The Kier molecular flexibility index (Phi) is 6.84. The number of rotatable bonds is 9. The fourth-order valence-corrected chi connectivity index (χ4v) is 2.08. The van der Waals surface area contributed by atoms with Crippen LogP contribution in [0.25, 0.3) is 0 Å². The lowest BCUT2D eigenvalue weighted by Crippen LogP contribution is -2.43. The molecule has 0 heterocycles. The van der Waals surface area contributed by atoms with Gasteiger partial charge in [0.15, 0.2) is 0 Å². The van der Waals surface area contributed by atoms with E-state index in [1.165, 1.54) is 0 Å². The van der Waals surface area contributed by atoms with E-state index >= 15 is 0 Å². The Bertz CT molecular complexity index is 303. The maximum atomic E-state index is 12.2. The zero-order valence-corrected chi connectivity index (χ0v) is 12.2. The minimum Gasteiger partial charge on any atom is -0.355 e. The molecule has 0 aliphatic heterocycles. The Morgan fingerprint density at radius 1 is 1.32 bits per heavy atom. The molecule has 1 atom stereocenters.